The van der Waals surface area contributed by atoms with Gasteiger partial charge in [-0.1, -0.05) is 11.6 Å². The van der Waals surface area contributed by atoms with E-state index in [1.165, 1.54) is 0 Å². The number of nitrogens with one attached hydrogen (secondary N) is 1. The van der Waals surface area contributed by atoms with E-state index in [-0.39, 0.29) is 23.6 Å². The molecule has 0 aliphatic heterocycles. The Labute approximate surface area is 101 Å². The van der Waals surface area contributed by atoms with Crippen molar-refractivity contribution in [3.05, 3.63) is 37.3 Å². The van der Waals surface area contributed by atoms with Crippen LogP contribution in [-0.2, 0) is 16.0 Å². The summed E-state index contributed by atoms with van der Waals surface area (Å²) >= 11 is 5.68. The first-order valence-electron chi connectivity index (χ1n) is 4.67. The maximum absolute atomic E-state index is 11.2. The van der Waals surface area contributed by atoms with Gasteiger partial charge in [-0.2, -0.15) is 0 Å². The molecule has 7 nitrogen and oxygen atoms in total. The van der Waals surface area contributed by atoms with Crippen molar-refractivity contribution in [2.24, 2.45) is 0 Å². The summed E-state index contributed by atoms with van der Waals surface area (Å²) in [6.45, 7) is 1.83. The SMILES string of the molecule is CCOC(=O)Cc1c[nH]c(=O)c([N+](=O)[O-])c1Cl. The average Bonchev–Trinajstić information content (AvgIpc) is 2.22. The molecule has 17 heavy (non-hydrogen) atoms. The average molecular weight is 261 g/mol. The molecule has 0 bridgehead atoms. The Morgan fingerprint density at radius 3 is 2.82 bits per heavy atom. The molecule has 0 spiro atoms. The van der Waals surface area contributed by atoms with Gasteiger partial charge in [0.1, 0.15) is 5.02 Å². The van der Waals surface area contributed by atoms with Gasteiger partial charge in [-0.3, -0.25) is 19.7 Å². The summed E-state index contributed by atoms with van der Waals surface area (Å²) in [6.07, 6.45) is 0.929. The minimum atomic E-state index is -0.910. The van der Waals surface area contributed by atoms with Crippen molar-refractivity contribution in [3.8, 4) is 0 Å². The molecular weight excluding hydrogens is 252 g/mol. The fourth-order valence-electron chi connectivity index (χ4n) is 1.20. The Balaban J connectivity index is 3.11. The zero-order chi connectivity index (χ0) is 13.0. The van der Waals surface area contributed by atoms with E-state index in [4.69, 9.17) is 11.6 Å². The van der Waals surface area contributed by atoms with Crippen LogP contribution in [0.25, 0.3) is 0 Å². The predicted molar refractivity (Wildman–Crippen MR) is 59.1 cm³/mol. The number of aromatic amines is 1. The largest absolute Gasteiger partial charge is 0.466 e. The second-order valence-corrected chi connectivity index (χ2v) is 3.42. The van der Waals surface area contributed by atoms with Gasteiger partial charge in [0.15, 0.2) is 0 Å². The fraction of sp³-hybridized carbons (Fsp3) is 0.333. The zero-order valence-electron chi connectivity index (χ0n) is 8.86. The number of aromatic nitrogens is 1. The number of nitrogens with zero attached hydrogens (tertiary/aromatic N) is 1. The molecule has 1 rings (SSSR count). The van der Waals surface area contributed by atoms with Crippen LogP contribution in [0.15, 0.2) is 11.0 Å². The highest BCUT2D eigenvalue weighted by molar-refractivity contribution is 6.33. The van der Waals surface area contributed by atoms with E-state index < -0.39 is 22.1 Å². The number of hydrogen-bond acceptors (Lipinski definition) is 5. The first-order chi connectivity index (χ1) is 7.97. The van der Waals surface area contributed by atoms with Crippen LogP contribution in [0, 0.1) is 10.1 Å². The highest BCUT2D eigenvalue weighted by atomic mass is 35.5. The number of pyridine rings is 1. The normalized spacial score (nSPS) is 10.0. The van der Waals surface area contributed by atoms with E-state index in [1.54, 1.807) is 6.92 Å². The van der Waals surface area contributed by atoms with Gasteiger partial charge in [-0.25, -0.2) is 0 Å². The molecule has 0 atom stereocenters. The highest BCUT2D eigenvalue weighted by Crippen LogP contribution is 2.23. The number of esters is 1. The Kier molecular flexibility index (Phi) is 4.22. The second-order valence-electron chi connectivity index (χ2n) is 3.04. The van der Waals surface area contributed by atoms with E-state index >= 15 is 0 Å². The lowest BCUT2D eigenvalue weighted by molar-refractivity contribution is -0.386. The zero-order valence-corrected chi connectivity index (χ0v) is 9.61. The molecule has 0 saturated carbocycles. The number of carbonyl (C=O) groups excluding carboxylic acids is 1. The number of halogens is 1. The standard InChI is InChI=1S/C9H9ClN2O5/c1-2-17-6(13)3-5-4-11-9(14)8(7(5)10)12(15)16/h4H,2-3H2,1H3,(H,11,14). The number of nitro groups is 1. The molecule has 0 unspecified atom stereocenters. The number of H-pyrrole nitrogens is 1. The number of rotatable bonds is 4. The third-order valence-corrected chi connectivity index (χ3v) is 2.33. The smallest absolute Gasteiger partial charge is 0.352 e. The second kappa shape index (κ2) is 5.44. The Morgan fingerprint density at radius 1 is 1.65 bits per heavy atom. The van der Waals surface area contributed by atoms with Gasteiger partial charge < -0.3 is 9.72 Å². The maximum Gasteiger partial charge on any atom is 0.352 e. The molecule has 8 heteroatoms. The summed E-state index contributed by atoms with van der Waals surface area (Å²) in [7, 11) is 0. The monoisotopic (exact) mass is 260 g/mol. The minimum absolute atomic E-state index is 0.149. The van der Waals surface area contributed by atoms with Crippen LogP contribution in [0.5, 0.6) is 0 Å². The topological polar surface area (TPSA) is 102 Å². The molecule has 0 aliphatic carbocycles. The van der Waals surface area contributed by atoms with Crippen molar-refractivity contribution in [3.63, 3.8) is 0 Å². The van der Waals surface area contributed by atoms with Crippen molar-refractivity contribution in [2.45, 2.75) is 13.3 Å². The van der Waals surface area contributed by atoms with E-state index in [0.717, 1.165) is 6.20 Å². The third-order valence-electron chi connectivity index (χ3n) is 1.91. The number of hydrogen-bond donors (Lipinski definition) is 1. The molecular formula is C9H9ClN2O5. The summed E-state index contributed by atoms with van der Waals surface area (Å²) in [5.74, 6) is -0.573. The molecule has 1 N–H and O–H groups in total. The fourth-order valence-corrected chi connectivity index (χ4v) is 1.47. The van der Waals surface area contributed by atoms with Crippen LogP contribution < -0.4 is 5.56 Å². The lowest BCUT2D eigenvalue weighted by Gasteiger charge is -2.03. The van der Waals surface area contributed by atoms with Crippen molar-refractivity contribution >= 4 is 23.3 Å². The van der Waals surface area contributed by atoms with Gasteiger partial charge in [0, 0.05) is 11.8 Å². The van der Waals surface area contributed by atoms with Crippen molar-refractivity contribution in [1.29, 1.82) is 0 Å². The molecule has 1 aromatic rings. The lowest BCUT2D eigenvalue weighted by atomic mass is 10.2. The minimum Gasteiger partial charge on any atom is -0.466 e. The van der Waals surface area contributed by atoms with Gasteiger partial charge in [0.25, 0.3) is 0 Å². The highest BCUT2D eigenvalue weighted by Gasteiger charge is 2.22. The van der Waals surface area contributed by atoms with E-state index in [0.29, 0.717) is 0 Å². The lowest BCUT2D eigenvalue weighted by Crippen LogP contribution is -2.15. The Bertz CT molecular complexity index is 511. The van der Waals surface area contributed by atoms with Gasteiger partial charge in [-0.15, -0.1) is 0 Å². The molecule has 0 amide bonds. The summed E-state index contributed by atoms with van der Waals surface area (Å²) in [4.78, 5) is 34.2. The summed E-state index contributed by atoms with van der Waals surface area (Å²) < 4.78 is 4.67. The van der Waals surface area contributed by atoms with Crippen molar-refractivity contribution < 1.29 is 14.5 Å². The quantitative estimate of drug-likeness (QED) is 0.495. The Morgan fingerprint density at radius 2 is 2.29 bits per heavy atom. The van der Waals surface area contributed by atoms with E-state index in [1.807, 2.05) is 0 Å². The van der Waals surface area contributed by atoms with Crippen LogP contribution in [0.2, 0.25) is 5.02 Å². The Hall–Kier alpha value is -1.89. The molecule has 0 radical (unpaired) electrons. The van der Waals surface area contributed by atoms with Gasteiger partial charge >= 0.3 is 17.2 Å². The summed E-state index contributed by atoms with van der Waals surface area (Å²) in [5, 5.41) is 10.3. The first kappa shape index (κ1) is 13.2. The van der Waals surface area contributed by atoms with Crippen LogP contribution in [-0.4, -0.2) is 22.5 Å². The third kappa shape index (κ3) is 3.04. The predicted octanol–water partition coefficient (Wildman–Crippen LogP) is 1.04. The maximum atomic E-state index is 11.2. The molecule has 0 saturated heterocycles. The van der Waals surface area contributed by atoms with Gasteiger partial charge in [-0.05, 0) is 6.92 Å². The van der Waals surface area contributed by atoms with Gasteiger partial charge in [0.2, 0.25) is 0 Å². The van der Waals surface area contributed by atoms with E-state index in [9.17, 15) is 19.7 Å². The van der Waals surface area contributed by atoms with Crippen molar-refractivity contribution in [1.82, 2.24) is 4.98 Å². The first-order valence-corrected chi connectivity index (χ1v) is 5.05. The van der Waals surface area contributed by atoms with Crippen LogP contribution in [0.1, 0.15) is 12.5 Å². The van der Waals surface area contributed by atoms with Crippen LogP contribution in [0.3, 0.4) is 0 Å². The number of carbonyl (C=O) groups is 1. The van der Waals surface area contributed by atoms with Crippen LogP contribution in [0.4, 0.5) is 5.69 Å². The van der Waals surface area contributed by atoms with Gasteiger partial charge in [0.05, 0.1) is 18.0 Å². The molecule has 0 aromatic carbocycles. The molecule has 1 aromatic heterocycles. The van der Waals surface area contributed by atoms with Crippen molar-refractivity contribution in [2.75, 3.05) is 6.61 Å². The summed E-state index contributed by atoms with van der Waals surface area (Å²) in [5.41, 5.74) is -1.53. The molecule has 0 fully saturated rings. The molecule has 0 aliphatic rings. The number of ether oxygens (including phenoxy) is 1. The molecule has 92 valence electrons. The van der Waals surface area contributed by atoms with E-state index in [2.05, 4.69) is 9.72 Å². The van der Waals surface area contributed by atoms with Crippen LogP contribution >= 0.6 is 11.6 Å². The molecule has 1 heterocycles. The summed E-state index contributed by atoms with van der Waals surface area (Å²) in [6, 6.07) is 0.